The van der Waals surface area contributed by atoms with Crippen LogP contribution in [0.2, 0.25) is 0 Å². The first kappa shape index (κ1) is 13.8. The molecule has 2 atom stereocenters. The summed E-state index contributed by atoms with van der Waals surface area (Å²) in [7, 11) is 0. The smallest absolute Gasteiger partial charge is 0.255 e. The number of carbonyl (C=O) groups excluding carboxylic acids is 1. The number of aromatic nitrogens is 1. The summed E-state index contributed by atoms with van der Waals surface area (Å²) in [6, 6.07) is 3.44. The molecule has 1 fully saturated rings. The molecule has 1 aromatic rings. The molecule has 104 valence electrons. The van der Waals surface area contributed by atoms with Crippen LogP contribution in [0, 0.1) is 5.92 Å². The number of pyridine rings is 1. The SMILES string of the molecule is CCOc1ccc(C(=O)N2CCC(C(C)O)C2)cn1. The predicted octanol–water partition coefficient (Wildman–Crippen LogP) is 1.32. The van der Waals surface area contributed by atoms with E-state index in [2.05, 4.69) is 4.98 Å². The van der Waals surface area contributed by atoms with Crippen LogP contribution in [0.25, 0.3) is 0 Å². The average Bonchev–Trinajstić information content (AvgIpc) is 2.89. The molecule has 1 aliphatic heterocycles. The van der Waals surface area contributed by atoms with Crippen LogP contribution in [-0.2, 0) is 0 Å². The van der Waals surface area contributed by atoms with Crippen molar-refractivity contribution < 1.29 is 14.6 Å². The molecular weight excluding hydrogens is 244 g/mol. The molecule has 5 heteroatoms. The Morgan fingerprint density at radius 3 is 2.95 bits per heavy atom. The van der Waals surface area contributed by atoms with Crippen LogP contribution in [0.3, 0.4) is 0 Å². The zero-order valence-electron chi connectivity index (χ0n) is 11.4. The van der Waals surface area contributed by atoms with E-state index in [0.717, 1.165) is 6.42 Å². The molecule has 19 heavy (non-hydrogen) atoms. The second-order valence-electron chi connectivity index (χ2n) is 4.86. The number of rotatable bonds is 4. The largest absolute Gasteiger partial charge is 0.478 e. The third-order valence-electron chi connectivity index (χ3n) is 3.47. The zero-order valence-corrected chi connectivity index (χ0v) is 11.4. The van der Waals surface area contributed by atoms with Crippen LogP contribution in [0.1, 0.15) is 30.6 Å². The van der Waals surface area contributed by atoms with Crippen molar-refractivity contribution in [2.24, 2.45) is 5.92 Å². The van der Waals surface area contributed by atoms with Gasteiger partial charge < -0.3 is 14.7 Å². The lowest BCUT2D eigenvalue weighted by Gasteiger charge is -2.17. The molecule has 2 rings (SSSR count). The van der Waals surface area contributed by atoms with Gasteiger partial charge in [-0.15, -0.1) is 0 Å². The molecule has 1 N–H and O–H groups in total. The molecule has 1 aliphatic rings. The van der Waals surface area contributed by atoms with Crippen LogP contribution >= 0.6 is 0 Å². The summed E-state index contributed by atoms with van der Waals surface area (Å²) in [6.45, 7) is 5.53. The summed E-state index contributed by atoms with van der Waals surface area (Å²) in [4.78, 5) is 18.1. The summed E-state index contributed by atoms with van der Waals surface area (Å²) >= 11 is 0. The predicted molar refractivity (Wildman–Crippen MR) is 71.1 cm³/mol. The number of nitrogens with zero attached hydrogens (tertiary/aromatic N) is 2. The van der Waals surface area contributed by atoms with Crippen LogP contribution in [0.5, 0.6) is 5.88 Å². The van der Waals surface area contributed by atoms with Crippen molar-refractivity contribution in [1.29, 1.82) is 0 Å². The van der Waals surface area contributed by atoms with Gasteiger partial charge in [0, 0.05) is 31.3 Å². The Bertz CT molecular complexity index is 431. The fraction of sp³-hybridized carbons (Fsp3) is 0.571. The Kier molecular flexibility index (Phi) is 4.37. The summed E-state index contributed by atoms with van der Waals surface area (Å²) in [5.74, 6) is 0.681. The maximum absolute atomic E-state index is 12.2. The van der Waals surface area contributed by atoms with Gasteiger partial charge in [0.25, 0.3) is 5.91 Å². The second-order valence-corrected chi connectivity index (χ2v) is 4.86. The Morgan fingerprint density at radius 1 is 1.63 bits per heavy atom. The van der Waals surface area contributed by atoms with E-state index in [1.54, 1.807) is 30.2 Å². The topological polar surface area (TPSA) is 62.7 Å². The standard InChI is InChI=1S/C14H20N2O3/c1-3-19-13-5-4-11(8-15-13)14(18)16-7-6-12(9-16)10(2)17/h4-5,8,10,12,17H,3,6-7,9H2,1-2H3. The lowest BCUT2D eigenvalue weighted by Crippen LogP contribution is -2.30. The summed E-state index contributed by atoms with van der Waals surface area (Å²) in [5, 5.41) is 9.55. The molecule has 2 heterocycles. The normalized spacial score (nSPS) is 20.4. The van der Waals surface area contributed by atoms with E-state index < -0.39 is 0 Å². The number of hydrogen-bond acceptors (Lipinski definition) is 4. The maximum Gasteiger partial charge on any atom is 0.255 e. The highest BCUT2D eigenvalue weighted by Crippen LogP contribution is 2.21. The van der Waals surface area contributed by atoms with E-state index in [-0.39, 0.29) is 17.9 Å². The van der Waals surface area contributed by atoms with Crippen molar-refractivity contribution in [1.82, 2.24) is 9.88 Å². The number of amides is 1. The van der Waals surface area contributed by atoms with Crippen molar-refractivity contribution in [3.8, 4) is 5.88 Å². The first-order valence-electron chi connectivity index (χ1n) is 6.68. The molecule has 0 spiro atoms. The average molecular weight is 264 g/mol. The Hall–Kier alpha value is -1.62. The minimum Gasteiger partial charge on any atom is -0.478 e. The zero-order chi connectivity index (χ0) is 13.8. The molecular formula is C14H20N2O3. The molecule has 0 radical (unpaired) electrons. The minimum absolute atomic E-state index is 0.0290. The highest BCUT2D eigenvalue weighted by atomic mass is 16.5. The molecule has 1 saturated heterocycles. The summed E-state index contributed by atoms with van der Waals surface area (Å²) in [5.41, 5.74) is 0.565. The maximum atomic E-state index is 12.2. The van der Waals surface area contributed by atoms with Gasteiger partial charge in [0.05, 0.1) is 18.3 Å². The third-order valence-corrected chi connectivity index (χ3v) is 3.47. The first-order valence-corrected chi connectivity index (χ1v) is 6.68. The fourth-order valence-electron chi connectivity index (χ4n) is 2.29. The van der Waals surface area contributed by atoms with Crippen LogP contribution in [-0.4, -0.2) is 46.7 Å². The Labute approximate surface area is 113 Å². The van der Waals surface area contributed by atoms with Crippen LogP contribution in [0.15, 0.2) is 18.3 Å². The van der Waals surface area contributed by atoms with Crippen molar-refractivity contribution in [2.75, 3.05) is 19.7 Å². The van der Waals surface area contributed by atoms with Crippen LogP contribution < -0.4 is 4.74 Å². The monoisotopic (exact) mass is 264 g/mol. The van der Waals surface area contributed by atoms with Gasteiger partial charge in [0.2, 0.25) is 5.88 Å². The minimum atomic E-state index is -0.365. The van der Waals surface area contributed by atoms with Gasteiger partial charge in [-0.2, -0.15) is 0 Å². The van der Waals surface area contributed by atoms with E-state index in [1.807, 2.05) is 6.92 Å². The molecule has 0 aliphatic carbocycles. The number of aliphatic hydroxyl groups is 1. The highest BCUT2D eigenvalue weighted by Gasteiger charge is 2.29. The lowest BCUT2D eigenvalue weighted by atomic mass is 10.0. The number of hydrogen-bond donors (Lipinski definition) is 1. The first-order chi connectivity index (χ1) is 9.11. The Morgan fingerprint density at radius 2 is 2.42 bits per heavy atom. The number of likely N-dealkylation sites (tertiary alicyclic amines) is 1. The van der Waals surface area contributed by atoms with E-state index >= 15 is 0 Å². The van der Waals surface area contributed by atoms with E-state index in [9.17, 15) is 9.90 Å². The van der Waals surface area contributed by atoms with Gasteiger partial charge in [-0.05, 0) is 26.3 Å². The Balaban J connectivity index is 2.00. The second kappa shape index (κ2) is 6.02. The fourth-order valence-corrected chi connectivity index (χ4v) is 2.29. The van der Waals surface area contributed by atoms with E-state index in [1.165, 1.54) is 0 Å². The van der Waals surface area contributed by atoms with Gasteiger partial charge >= 0.3 is 0 Å². The van der Waals surface area contributed by atoms with Crippen molar-refractivity contribution in [3.63, 3.8) is 0 Å². The molecule has 0 bridgehead atoms. The van der Waals surface area contributed by atoms with Gasteiger partial charge in [-0.1, -0.05) is 0 Å². The molecule has 2 unspecified atom stereocenters. The van der Waals surface area contributed by atoms with E-state index in [0.29, 0.717) is 31.1 Å². The molecule has 1 amide bonds. The van der Waals surface area contributed by atoms with Gasteiger partial charge in [0.1, 0.15) is 0 Å². The molecule has 1 aromatic heterocycles. The lowest BCUT2D eigenvalue weighted by molar-refractivity contribution is 0.0762. The van der Waals surface area contributed by atoms with Crippen molar-refractivity contribution >= 4 is 5.91 Å². The number of aliphatic hydroxyl groups excluding tert-OH is 1. The number of carbonyl (C=O) groups is 1. The summed E-state index contributed by atoms with van der Waals surface area (Å²) < 4.78 is 5.25. The van der Waals surface area contributed by atoms with Gasteiger partial charge in [-0.25, -0.2) is 4.98 Å². The van der Waals surface area contributed by atoms with Crippen LogP contribution in [0.4, 0.5) is 0 Å². The van der Waals surface area contributed by atoms with Crippen molar-refractivity contribution in [2.45, 2.75) is 26.4 Å². The number of ether oxygens (including phenoxy) is 1. The van der Waals surface area contributed by atoms with Gasteiger partial charge in [0.15, 0.2) is 0 Å². The molecule has 5 nitrogen and oxygen atoms in total. The summed E-state index contributed by atoms with van der Waals surface area (Å²) in [6.07, 6.45) is 2.04. The third kappa shape index (κ3) is 3.23. The molecule has 0 aromatic carbocycles. The highest BCUT2D eigenvalue weighted by molar-refractivity contribution is 5.94. The quantitative estimate of drug-likeness (QED) is 0.891. The van der Waals surface area contributed by atoms with Crippen molar-refractivity contribution in [3.05, 3.63) is 23.9 Å². The van der Waals surface area contributed by atoms with Gasteiger partial charge in [-0.3, -0.25) is 4.79 Å². The van der Waals surface area contributed by atoms with E-state index in [4.69, 9.17) is 4.74 Å². The molecule has 0 saturated carbocycles.